The van der Waals surface area contributed by atoms with Crippen LogP contribution in [0.15, 0.2) is 52.3 Å². The van der Waals surface area contributed by atoms with Gasteiger partial charge in [0.25, 0.3) is 5.91 Å². The fourth-order valence-corrected chi connectivity index (χ4v) is 6.15. The maximum absolute atomic E-state index is 12.8. The number of ether oxygens (including phenoxy) is 1. The summed E-state index contributed by atoms with van der Waals surface area (Å²) in [6.45, 7) is 0.916. The Bertz CT molecular complexity index is 1400. The van der Waals surface area contributed by atoms with Gasteiger partial charge in [0.15, 0.2) is 5.13 Å². The van der Waals surface area contributed by atoms with Crippen molar-refractivity contribution in [2.45, 2.75) is 28.7 Å². The largest absolute Gasteiger partial charge is 0.377 e. The number of benzene rings is 2. The molecule has 0 bridgehead atoms. The van der Waals surface area contributed by atoms with Crippen LogP contribution in [0.5, 0.6) is 0 Å². The topological polar surface area (TPSA) is 149 Å². The summed E-state index contributed by atoms with van der Waals surface area (Å²) in [5.74, 6) is -0.475. The summed E-state index contributed by atoms with van der Waals surface area (Å²) in [5.41, 5.74) is 0.763. The molecule has 4 rings (SSSR count). The molecule has 0 aliphatic carbocycles. The van der Waals surface area contributed by atoms with Crippen molar-refractivity contribution in [1.82, 2.24) is 9.29 Å². The Morgan fingerprint density at radius 1 is 1.18 bits per heavy atom. The monoisotopic (exact) mass is 510 g/mol. The molecule has 3 aromatic rings. The van der Waals surface area contributed by atoms with Crippen molar-refractivity contribution in [3.8, 4) is 0 Å². The number of primary sulfonamides is 1. The van der Waals surface area contributed by atoms with E-state index in [0.717, 1.165) is 24.2 Å². The highest BCUT2D eigenvalue weighted by molar-refractivity contribution is 7.89. The molecule has 1 aromatic heterocycles. The van der Waals surface area contributed by atoms with Gasteiger partial charge in [0.1, 0.15) is 0 Å². The van der Waals surface area contributed by atoms with Crippen LogP contribution in [0.4, 0.5) is 5.13 Å². The summed E-state index contributed by atoms with van der Waals surface area (Å²) >= 11 is 1.10. The van der Waals surface area contributed by atoms with Crippen LogP contribution in [0.3, 0.4) is 0 Å². The van der Waals surface area contributed by atoms with E-state index < -0.39 is 26.0 Å². The minimum absolute atomic E-state index is 0.0437. The Balaban J connectivity index is 1.47. The van der Waals surface area contributed by atoms with Crippen molar-refractivity contribution < 1.29 is 26.4 Å². The minimum Gasteiger partial charge on any atom is -0.377 e. The van der Waals surface area contributed by atoms with Crippen LogP contribution < -0.4 is 10.5 Å². The molecule has 13 heteroatoms. The molecular formula is C20H22N4O6S3. The van der Waals surface area contributed by atoms with Crippen molar-refractivity contribution >= 4 is 52.6 Å². The summed E-state index contributed by atoms with van der Waals surface area (Å²) in [7, 11) is -6.05. The molecule has 10 nitrogen and oxygen atoms in total. The second-order valence-electron chi connectivity index (χ2n) is 7.59. The third-order valence-electron chi connectivity index (χ3n) is 5.22. The van der Waals surface area contributed by atoms with Crippen LogP contribution >= 0.6 is 11.3 Å². The number of fused-ring (bicyclic) bond motifs is 1. The second kappa shape index (κ2) is 9.08. The molecule has 1 saturated heterocycles. The van der Waals surface area contributed by atoms with Gasteiger partial charge in [-0.15, -0.1) is 0 Å². The highest BCUT2D eigenvalue weighted by Gasteiger charge is 2.26. The van der Waals surface area contributed by atoms with E-state index in [-0.39, 0.29) is 33.1 Å². The Morgan fingerprint density at radius 2 is 1.88 bits per heavy atom. The number of sulfonamides is 2. The van der Waals surface area contributed by atoms with E-state index in [1.165, 1.54) is 53.8 Å². The molecule has 0 spiro atoms. The number of anilines is 1. The number of nitrogens with two attached hydrogens (primary N) is 1. The van der Waals surface area contributed by atoms with Crippen molar-refractivity contribution in [2.75, 3.05) is 25.5 Å². The molecule has 1 atom stereocenters. The fourth-order valence-electron chi connectivity index (χ4n) is 3.44. The number of carbonyl (C=O) groups excluding carboxylic acids is 1. The third-order valence-corrected chi connectivity index (χ3v) is 8.90. The number of rotatable bonds is 7. The third kappa shape index (κ3) is 5.23. The lowest BCUT2D eigenvalue weighted by Gasteiger charge is -2.20. The van der Waals surface area contributed by atoms with Gasteiger partial charge in [-0.3, -0.25) is 10.1 Å². The fraction of sp³-hybridized carbons (Fsp3) is 0.300. The average molecular weight is 511 g/mol. The van der Waals surface area contributed by atoms with E-state index in [0.29, 0.717) is 16.8 Å². The molecular weight excluding hydrogens is 488 g/mol. The first-order valence-electron chi connectivity index (χ1n) is 9.97. The zero-order valence-corrected chi connectivity index (χ0v) is 20.0. The Kier molecular flexibility index (Phi) is 6.53. The first-order chi connectivity index (χ1) is 15.5. The molecule has 33 heavy (non-hydrogen) atoms. The van der Waals surface area contributed by atoms with Crippen molar-refractivity contribution in [2.24, 2.45) is 5.14 Å². The lowest BCUT2D eigenvalue weighted by atomic mass is 10.2. The highest BCUT2D eigenvalue weighted by Crippen LogP contribution is 2.28. The summed E-state index contributed by atoms with van der Waals surface area (Å²) in [6, 6.07) is 9.86. The minimum atomic E-state index is -3.85. The van der Waals surface area contributed by atoms with Crippen molar-refractivity contribution in [3.05, 3.63) is 48.0 Å². The lowest BCUT2D eigenvalue weighted by molar-refractivity contribution is 0.0979. The Hall–Kier alpha value is -2.42. The first kappa shape index (κ1) is 23.7. The van der Waals surface area contributed by atoms with E-state index in [2.05, 4.69) is 10.3 Å². The molecule has 1 fully saturated rings. The van der Waals surface area contributed by atoms with Gasteiger partial charge >= 0.3 is 0 Å². The van der Waals surface area contributed by atoms with E-state index in [9.17, 15) is 21.6 Å². The molecule has 3 N–H and O–H groups in total. The number of aromatic nitrogens is 1. The SMILES string of the molecule is CN(CC1CCCO1)S(=O)(=O)c1ccc(C(=O)Nc2nc3ccc(S(N)(=O)=O)cc3s2)cc1. The molecule has 176 valence electrons. The zero-order chi connectivity index (χ0) is 23.8. The maximum atomic E-state index is 12.8. The predicted octanol–water partition coefficient (Wildman–Crippen LogP) is 2.00. The molecule has 1 aliphatic heterocycles. The molecule has 1 unspecified atom stereocenters. The molecule has 1 amide bonds. The van der Waals surface area contributed by atoms with Gasteiger partial charge in [0.2, 0.25) is 20.0 Å². The summed E-state index contributed by atoms with van der Waals surface area (Å²) in [4.78, 5) is 16.9. The van der Waals surface area contributed by atoms with E-state index in [4.69, 9.17) is 9.88 Å². The van der Waals surface area contributed by atoms with Crippen LogP contribution in [-0.4, -0.2) is 58.3 Å². The number of likely N-dealkylation sites (N-methyl/N-ethyl adjacent to an activating group) is 1. The number of carbonyl (C=O) groups is 1. The quantitative estimate of drug-likeness (QED) is 0.494. The highest BCUT2D eigenvalue weighted by atomic mass is 32.2. The maximum Gasteiger partial charge on any atom is 0.257 e. The normalized spacial score (nSPS) is 17.0. The average Bonchev–Trinajstić information content (AvgIpc) is 3.41. The van der Waals surface area contributed by atoms with Crippen LogP contribution in [-0.2, 0) is 24.8 Å². The van der Waals surface area contributed by atoms with Crippen LogP contribution in [0.25, 0.3) is 10.2 Å². The van der Waals surface area contributed by atoms with Gasteiger partial charge in [-0.25, -0.2) is 27.0 Å². The van der Waals surface area contributed by atoms with Gasteiger partial charge in [0, 0.05) is 25.8 Å². The number of amides is 1. The standard InChI is InChI=1S/C20H22N4O6S3/c1-24(12-14-3-2-10-30-14)33(28,29)15-6-4-13(5-7-15)19(25)23-20-22-17-9-8-16(32(21,26)27)11-18(17)31-20/h4-9,11,14H,2-3,10,12H2,1H3,(H2,21,26,27)(H,22,23,25). The summed E-state index contributed by atoms with van der Waals surface area (Å²) in [5, 5.41) is 8.07. The zero-order valence-electron chi connectivity index (χ0n) is 17.6. The number of hydrogen-bond acceptors (Lipinski definition) is 8. The van der Waals surface area contributed by atoms with Gasteiger partial charge in [-0.2, -0.15) is 4.31 Å². The van der Waals surface area contributed by atoms with Crippen LogP contribution in [0.2, 0.25) is 0 Å². The van der Waals surface area contributed by atoms with Gasteiger partial charge in [-0.1, -0.05) is 11.3 Å². The Morgan fingerprint density at radius 3 is 2.52 bits per heavy atom. The molecule has 2 aromatic carbocycles. The van der Waals surface area contributed by atoms with Crippen molar-refractivity contribution in [1.29, 1.82) is 0 Å². The molecule has 1 aliphatic rings. The number of hydrogen-bond donors (Lipinski definition) is 2. The van der Waals surface area contributed by atoms with E-state index >= 15 is 0 Å². The number of nitrogens with one attached hydrogen (secondary N) is 1. The number of thiazole rings is 1. The van der Waals surface area contributed by atoms with Gasteiger partial charge < -0.3 is 4.74 Å². The second-order valence-corrected chi connectivity index (χ2v) is 12.2. The molecule has 0 saturated carbocycles. The molecule has 0 radical (unpaired) electrons. The number of nitrogens with zero attached hydrogens (tertiary/aromatic N) is 2. The lowest BCUT2D eigenvalue weighted by Crippen LogP contribution is -2.34. The van der Waals surface area contributed by atoms with E-state index in [1.54, 1.807) is 0 Å². The van der Waals surface area contributed by atoms with Gasteiger partial charge in [-0.05, 0) is 55.3 Å². The van der Waals surface area contributed by atoms with Crippen molar-refractivity contribution in [3.63, 3.8) is 0 Å². The Labute approximate surface area is 195 Å². The first-order valence-corrected chi connectivity index (χ1v) is 13.8. The van der Waals surface area contributed by atoms with Crippen LogP contribution in [0.1, 0.15) is 23.2 Å². The predicted molar refractivity (Wildman–Crippen MR) is 124 cm³/mol. The molecule has 2 heterocycles. The summed E-state index contributed by atoms with van der Waals surface area (Å²) < 4.78 is 55.9. The van der Waals surface area contributed by atoms with Crippen LogP contribution in [0, 0.1) is 0 Å². The summed E-state index contributed by atoms with van der Waals surface area (Å²) in [6.07, 6.45) is 1.64. The smallest absolute Gasteiger partial charge is 0.257 e. The van der Waals surface area contributed by atoms with Gasteiger partial charge in [0.05, 0.1) is 26.1 Å². The van der Waals surface area contributed by atoms with E-state index in [1.807, 2.05) is 0 Å².